The summed E-state index contributed by atoms with van der Waals surface area (Å²) in [4.78, 5) is 13.8. The standard InChI is InChI=1S/C15H22N2O2/c1-10-7-13(8-11(2)15(10)19-4)17(3)14(18)9-16-12-5-6-12/h7-8,12,16H,5-6,9H2,1-4H3. The average Bonchev–Trinajstić information content (AvgIpc) is 3.18. The van der Waals surface area contributed by atoms with Crippen molar-refractivity contribution in [3.05, 3.63) is 23.3 Å². The third kappa shape index (κ3) is 3.26. The van der Waals surface area contributed by atoms with Crippen molar-refractivity contribution >= 4 is 11.6 Å². The normalized spacial score (nSPS) is 14.3. The average molecular weight is 262 g/mol. The molecule has 4 heteroatoms. The van der Waals surface area contributed by atoms with Crippen LogP contribution in [0.2, 0.25) is 0 Å². The monoisotopic (exact) mass is 262 g/mol. The molecule has 1 amide bonds. The molecule has 0 saturated heterocycles. The number of hydrogen-bond donors (Lipinski definition) is 1. The molecule has 0 heterocycles. The molecule has 1 aliphatic rings. The Morgan fingerprint density at radius 3 is 2.42 bits per heavy atom. The zero-order chi connectivity index (χ0) is 14.0. The van der Waals surface area contributed by atoms with Crippen molar-refractivity contribution < 1.29 is 9.53 Å². The third-order valence-corrected chi connectivity index (χ3v) is 3.53. The van der Waals surface area contributed by atoms with Gasteiger partial charge in [-0.3, -0.25) is 4.79 Å². The highest BCUT2D eigenvalue weighted by Gasteiger charge is 2.22. The van der Waals surface area contributed by atoms with Gasteiger partial charge < -0.3 is 15.0 Å². The summed E-state index contributed by atoms with van der Waals surface area (Å²) in [6.45, 7) is 4.40. The van der Waals surface area contributed by atoms with Gasteiger partial charge in [0.25, 0.3) is 0 Å². The summed E-state index contributed by atoms with van der Waals surface area (Å²) in [5.74, 6) is 0.983. The van der Waals surface area contributed by atoms with Crippen LogP contribution < -0.4 is 15.0 Å². The van der Waals surface area contributed by atoms with Crippen LogP contribution in [0.1, 0.15) is 24.0 Å². The van der Waals surface area contributed by atoms with Crippen LogP contribution in [0.5, 0.6) is 5.75 Å². The van der Waals surface area contributed by atoms with Crippen molar-refractivity contribution in [2.75, 3.05) is 25.6 Å². The lowest BCUT2D eigenvalue weighted by Gasteiger charge is -2.20. The summed E-state index contributed by atoms with van der Waals surface area (Å²) in [7, 11) is 3.49. The van der Waals surface area contributed by atoms with Gasteiger partial charge in [0, 0.05) is 18.8 Å². The molecular weight excluding hydrogens is 240 g/mol. The number of amides is 1. The highest BCUT2D eigenvalue weighted by Crippen LogP contribution is 2.28. The minimum atomic E-state index is 0.0934. The number of aryl methyl sites for hydroxylation is 2. The van der Waals surface area contributed by atoms with Gasteiger partial charge >= 0.3 is 0 Å². The summed E-state index contributed by atoms with van der Waals surface area (Å²) in [5, 5.41) is 3.24. The van der Waals surface area contributed by atoms with Gasteiger partial charge in [-0.1, -0.05) is 0 Å². The molecule has 0 radical (unpaired) electrons. The second kappa shape index (κ2) is 5.61. The first kappa shape index (κ1) is 13.9. The van der Waals surface area contributed by atoms with Gasteiger partial charge in [0.2, 0.25) is 5.91 Å². The van der Waals surface area contributed by atoms with Crippen LogP contribution in [-0.4, -0.2) is 32.7 Å². The van der Waals surface area contributed by atoms with Gasteiger partial charge in [-0.25, -0.2) is 0 Å². The molecule has 0 atom stereocenters. The smallest absolute Gasteiger partial charge is 0.240 e. The zero-order valence-corrected chi connectivity index (χ0v) is 12.1. The van der Waals surface area contributed by atoms with Crippen molar-refractivity contribution in [1.82, 2.24) is 5.32 Å². The van der Waals surface area contributed by atoms with E-state index >= 15 is 0 Å². The van der Waals surface area contributed by atoms with E-state index in [9.17, 15) is 4.79 Å². The molecule has 2 rings (SSSR count). The predicted molar refractivity (Wildman–Crippen MR) is 76.9 cm³/mol. The number of nitrogens with one attached hydrogen (secondary N) is 1. The molecule has 1 saturated carbocycles. The maximum Gasteiger partial charge on any atom is 0.240 e. The fourth-order valence-corrected chi connectivity index (χ4v) is 2.22. The molecule has 0 bridgehead atoms. The van der Waals surface area contributed by atoms with E-state index < -0.39 is 0 Å². The number of carbonyl (C=O) groups excluding carboxylic acids is 1. The van der Waals surface area contributed by atoms with Crippen LogP contribution in [-0.2, 0) is 4.79 Å². The lowest BCUT2D eigenvalue weighted by Crippen LogP contribution is -2.36. The third-order valence-electron chi connectivity index (χ3n) is 3.53. The summed E-state index contributed by atoms with van der Waals surface area (Å²) in [6, 6.07) is 4.53. The van der Waals surface area contributed by atoms with E-state index in [1.54, 1.807) is 12.0 Å². The van der Waals surface area contributed by atoms with Crippen molar-refractivity contribution in [2.24, 2.45) is 0 Å². The SMILES string of the molecule is COc1c(C)cc(N(C)C(=O)CNC2CC2)cc1C. The number of methoxy groups -OCH3 is 1. The molecule has 1 aromatic rings. The van der Waals surface area contributed by atoms with Gasteiger partial charge in [-0.2, -0.15) is 0 Å². The quantitative estimate of drug-likeness (QED) is 0.882. The van der Waals surface area contributed by atoms with Crippen LogP contribution in [0.4, 0.5) is 5.69 Å². The first-order valence-electron chi connectivity index (χ1n) is 6.68. The molecule has 104 valence electrons. The highest BCUT2D eigenvalue weighted by atomic mass is 16.5. The summed E-state index contributed by atoms with van der Waals surface area (Å²) >= 11 is 0. The van der Waals surface area contributed by atoms with Crippen LogP contribution >= 0.6 is 0 Å². The van der Waals surface area contributed by atoms with E-state index in [0.717, 1.165) is 22.6 Å². The molecule has 1 aromatic carbocycles. The van der Waals surface area contributed by atoms with E-state index in [1.165, 1.54) is 12.8 Å². The Morgan fingerprint density at radius 2 is 1.95 bits per heavy atom. The van der Waals surface area contributed by atoms with Crippen LogP contribution in [0.3, 0.4) is 0 Å². The summed E-state index contributed by atoms with van der Waals surface area (Å²) in [5.41, 5.74) is 3.01. The minimum Gasteiger partial charge on any atom is -0.496 e. The van der Waals surface area contributed by atoms with Crippen LogP contribution in [0.15, 0.2) is 12.1 Å². The first-order valence-corrected chi connectivity index (χ1v) is 6.68. The molecule has 1 aliphatic carbocycles. The number of rotatable bonds is 5. The Bertz CT molecular complexity index is 458. The number of likely N-dealkylation sites (N-methyl/N-ethyl adjacent to an activating group) is 1. The second-order valence-corrected chi connectivity index (χ2v) is 5.22. The largest absolute Gasteiger partial charge is 0.496 e. The van der Waals surface area contributed by atoms with E-state index in [4.69, 9.17) is 4.74 Å². The molecule has 4 nitrogen and oxygen atoms in total. The van der Waals surface area contributed by atoms with E-state index in [1.807, 2.05) is 33.0 Å². The van der Waals surface area contributed by atoms with Crippen LogP contribution in [0.25, 0.3) is 0 Å². The molecule has 0 aromatic heterocycles. The molecule has 1 N–H and O–H groups in total. The Labute approximate surface area is 114 Å². The van der Waals surface area contributed by atoms with Crippen LogP contribution in [0, 0.1) is 13.8 Å². The lowest BCUT2D eigenvalue weighted by atomic mass is 10.1. The maximum atomic E-state index is 12.1. The van der Waals surface area contributed by atoms with E-state index in [2.05, 4.69) is 5.32 Å². The summed E-state index contributed by atoms with van der Waals surface area (Å²) < 4.78 is 5.34. The fraction of sp³-hybridized carbons (Fsp3) is 0.533. The van der Waals surface area contributed by atoms with Crippen molar-refractivity contribution in [3.8, 4) is 5.75 Å². The number of ether oxygens (including phenoxy) is 1. The number of anilines is 1. The van der Waals surface area contributed by atoms with Gasteiger partial charge in [0.15, 0.2) is 0 Å². The van der Waals surface area contributed by atoms with E-state index in [0.29, 0.717) is 12.6 Å². The number of hydrogen-bond acceptors (Lipinski definition) is 3. The van der Waals surface area contributed by atoms with Gasteiger partial charge in [0.05, 0.1) is 13.7 Å². The number of carbonyl (C=O) groups is 1. The Hall–Kier alpha value is -1.55. The fourth-order valence-electron chi connectivity index (χ4n) is 2.22. The Morgan fingerprint density at radius 1 is 1.37 bits per heavy atom. The summed E-state index contributed by atoms with van der Waals surface area (Å²) in [6.07, 6.45) is 2.38. The Kier molecular flexibility index (Phi) is 4.10. The molecule has 1 fully saturated rings. The topological polar surface area (TPSA) is 41.6 Å². The molecule has 0 aliphatic heterocycles. The van der Waals surface area contributed by atoms with Crippen molar-refractivity contribution in [1.29, 1.82) is 0 Å². The molecule has 0 unspecified atom stereocenters. The van der Waals surface area contributed by atoms with Gasteiger partial charge in [-0.05, 0) is 49.9 Å². The van der Waals surface area contributed by atoms with Gasteiger partial charge in [-0.15, -0.1) is 0 Å². The maximum absolute atomic E-state index is 12.1. The Balaban J connectivity index is 2.09. The highest BCUT2D eigenvalue weighted by molar-refractivity contribution is 5.94. The molecule has 19 heavy (non-hydrogen) atoms. The lowest BCUT2D eigenvalue weighted by molar-refractivity contribution is -0.117. The molecule has 0 spiro atoms. The molecular formula is C15H22N2O2. The van der Waals surface area contributed by atoms with Gasteiger partial charge in [0.1, 0.15) is 5.75 Å². The first-order chi connectivity index (χ1) is 9.02. The second-order valence-electron chi connectivity index (χ2n) is 5.22. The zero-order valence-electron chi connectivity index (χ0n) is 12.1. The number of nitrogens with zero attached hydrogens (tertiary/aromatic N) is 1. The number of benzene rings is 1. The van der Waals surface area contributed by atoms with E-state index in [-0.39, 0.29) is 5.91 Å². The van der Waals surface area contributed by atoms with Crippen molar-refractivity contribution in [2.45, 2.75) is 32.7 Å². The predicted octanol–water partition coefficient (Wildman–Crippen LogP) is 2.03. The minimum absolute atomic E-state index is 0.0934. The van der Waals surface area contributed by atoms with Crippen molar-refractivity contribution in [3.63, 3.8) is 0 Å².